The molecule has 2 N–H and O–H groups in total. The first-order chi connectivity index (χ1) is 10.4. The van der Waals surface area contributed by atoms with Gasteiger partial charge in [-0.15, -0.1) is 0 Å². The quantitative estimate of drug-likeness (QED) is 0.852. The van der Waals surface area contributed by atoms with Gasteiger partial charge in [0, 0.05) is 12.1 Å². The standard InChI is InChI=1S/C16H22N4O2/c1-12(21)8-16(2,3)9-18-15(22)13-5-4-6-14(7-13)20-11-17-10-19-20/h4-7,10-12,21H,8-9H2,1-3H3,(H,18,22). The summed E-state index contributed by atoms with van der Waals surface area (Å²) in [5.41, 5.74) is 1.20. The second-order valence-corrected chi connectivity index (χ2v) is 6.29. The molecule has 6 heteroatoms. The van der Waals surface area contributed by atoms with E-state index in [2.05, 4.69) is 15.4 Å². The van der Waals surface area contributed by atoms with Crippen LogP contribution in [0.2, 0.25) is 0 Å². The first-order valence-corrected chi connectivity index (χ1v) is 7.29. The fraction of sp³-hybridized carbons (Fsp3) is 0.438. The highest BCUT2D eigenvalue weighted by molar-refractivity contribution is 5.94. The lowest BCUT2D eigenvalue weighted by Gasteiger charge is -2.26. The van der Waals surface area contributed by atoms with Crippen molar-refractivity contribution in [3.8, 4) is 5.69 Å². The Morgan fingerprint density at radius 1 is 1.45 bits per heavy atom. The van der Waals surface area contributed by atoms with Crippen molar-refractivity contribution in [2.24, 2.45) is 5.41 Å². The molecule has 1 heterocycles. The second kappa shape index (κ2) is 6.70. The van der Waals surface area contributed by atoms with Crippen LogP contribution in [0.25, 0.3) is 5.69 Å². The average molecular weight is 302 g/mol. The molecule has 1 amide bonds. The van der Waals surface area contributed by atoms with Gasteiger partial charge in [-0.1, -0.05) is 19.9 Å². The second-order valence-electron chi connectivity index (χ2n) is 6.29. The molecule has 1 unspecified atom stereocenters. The van der Waals surface area contributed by atoms with E-state index in [4.69, 9.17) is 0 Å². The van der Waals surface area contributed by atoms with Crippen molar-refractivity contribution in [3.05, 3.63) is 42.5 Å². The summed E-state index contributed by atoms with van der Waals surface area (Å²) < 4.78 is 1.61. The van der Waals surface area contributed by atoms with E-state index >= 15 is 0 Å². The molecule has 2 rings (SSSR count). The highest BCUT2D eigenvalue weighted by Crippen LogP contribution is 2.21. The maximum absolute atomic E-state index is 12.3. The van der Waals surface area contributed by atoms with Gasteiger partial charge in [-0.2, -0.15) is 5.10 Å². The van der Waals surface area contributed by atoms with Crippen LogP contribution in [0.15, 0.2) is 36.9 Å². The van der Waals surface area contributed by atoms with E-state index in [9.17, 15) is 9.90 Å². The molecule has 0 fully saturated rings. The summed E-state index contributed by atoms with van der Waals surface area (Å²) in [6.07, 6.45) is 3.28. The van der Waals surface area contributed by atoms with E-state index in [0.29, 0.717) is 18.5 Å². The molecule has 1 aromatic heterocycles. The van der Waals surface area contributed by atoms with Gasteiger partial charge >= 0.3 is 0 Å². The zero-order valence-corrected chi connectivity index (χ0v) is 13.2. The molecule has 0 aliphatic heterocycles. The average Bonchev–Trinajstić information content (AvgIpc) is 2.98. The lowest BCUT2D eigenvalue weighted by Crippen LogP contribution is -2.35. The maximum Gasteiger partial charge on any atom is 0.251 e. The molecule has 118 valence electrons. The molecule has 0 spiro atoms. The third-order valence-corrected chi connectivity index (χ3v) is 3.37. The Morgan fingerprint density at radius 2 is 2.23 bits per heavy atom. The zero-order chi connectivity index (χ0) is 16.2. The predicted molar refractivity (Wildman–Crippen MR) is 83.8 cm³/mol. The van der Waals surface area contributed by atoms with E-state index in [1.165, 1.54) is 6.33 Å². The lowest BCUT2D eigenvalue weighted by atomic mass is 9.87. The van der Waals surface area contributed by atoms with Gasteiger partial charge in [-0.25, -0.2) is 9.67 Å². The predicted octanol–water partition coefficient (Wildman–Crippen LogP) is 1.79. The number of carbonyl (C=O) groups excluding carboxylic acids is 1. The van der Waals surface area contributed by atoms with Crippen molar-refractivity contribution >= 4 is 5.91 Å². The van der Waals surface area contributed by atoms with Crippen molar-refractivity contribution in [1.82, 2.24) is 20.1 Å². The number of nitrogens with zero attached hydrogens (tertiary/aromatic N) is 3. The zero-order valence-electron chi connectivity index (χ0n) is 13.2. The number of aromatic nitrogens is 3. The molecule has 0 saturated carbocycles. The van der Waals surface area contributed by atoms with Crippen LogP contribution in [0.5, 0.6) is 0 Å². The smallest absolute Gasteiger partial charge is 0.251 e. The van der Waals surface area contributed by atoms with Gasteiger partial charge in [-0.05, 0) is 37.0 Å². The SMILES string of the molecule is CC(O)CC(C)(C)CNC(=O)c1cccc(-n2cncn2)c1. The van der Waals surface area contributed by atoms with Crippen LogP contribution in [-0.2, 0) is 0 Å². The van der Waals surface area contributed by atoms with Gasteiger partial charge in [-0.3, -0.25) is 4.79 Å². The first kappa shape index (κ1) is 16.2. The molecule has 0 radical (unpaired) electrons. The van der Waals surface area contributed by atoms with Gasteiger partial charge in [0.1, 0.15) is 12.7 Å². The summed E-state index contributed by atoms with van der Waals surface area (Å²) in [6, 6.07) is 7.21. The third kappa shape index (κ3) is 4.39. The summed E-state index contributed by atoms with van der Waals surface area (Å²) >= 11 is 0. The fourth-order valence-electron chi connectivity index (χ4n) is 2.42. The van der Waals surface area contributed by atoms with E-state index in [0.717, 1.165) is 5.69 Å². The number of rotatable bonds is 6. The topological polar surface area (TPSA) is 80.0 Å². The minimum Gasteiger partial charge on any atom is -0.393 e. The highest BCUT2D eigenvalue weighted by atomic mass is 16.3. The number of aliphatic hydroxyl groups excluding tert-OH is 1. The Morgan fingerprint density at radius 3 is 2.86 bits per heavy atom. The maximum atomic E-state index is 12.3. The van der Waals surface area contributed by atoms with Gasteiger partial charge in [0.2, 0.25) is 0 Å². The fourth-order valence-corrected chi connectivity index (χ4v) is 2.42. The molecule has 0 saturated heterocycles. The Balaban J connectivity index is 2.03. The van der Waals surface area contributed by atoms with Gasteiger partial charge in [0.15, 0.2) is 0 Å². The van der Waals surface area contributed by atoms with Crippen molar-refractivity contribution in [2.45, 2.75) is 33.3 Å². The van der Waals surface area contributed by atoms with Crippen LogP contribution in [0.3, 0.4) is 0 Å². The molecule has 1 aromatic carbocycles. The van der Waals surface area contributed by atoms with Crippen molar-refractivity contribution < 1.29 is 9.90 Å². The molecule has 2 aromatic rings. The molecule has 1 atom stereocenters. The van der Waals surface area contributed by atoms with Crippen LogP contribution in [0.1, 0.15) is 37.6 Å². The van der Waals surface area contributed by atoms with E-state index in [-0.39, 0.29) is 17.4 Å². The summed E-state index contributed by atoms with van der Waals surface area (Å²) in [6.45, 7) is 6.30. The van der Waals surface area contributed by atoms with Gasteiger partial charge in [0.25, 0.3) is 5.91 Å². The molecule has 6 nitrogen and oxygen atoms in total. The summed E-state index contributed by atoms with van der Waals surface area (Å²) in [7, 11) is 0. The highest BCUT2D eigenvalue weighted by Gasteiger charge is 2.21. The summed E-state index contributed by atoms with van der Waals surface area (Å²) in [5.74, 6) is -0.138. The third-order valence-electron chi connectivity index (χ3n) is 3.37. The normalized spacial score (nSPS) is 12.9. The number of nitrogens with one attached hydrogen (secondary N) is 1. The van der Waals surface area contributed by atoms with E-state index in [1.54, 1.807) is 30.1 Å². The minimum absolute atomic E-state index is 0.138. The van der Waals surface area contributed by atoms with Crippen LogP contribution in [-0.4, -0.2) is 38.4 Å². The Labute approximate surface area is 130 Å². The number of amides is 1. The molecular formula is C16H22N4O2. The van der Waals surface area contributed by atoms with Crippen molar-refractivity contribution in [2.75, 3.05) is 6.54 Å². The molecule has 22 heavy (non-hydrogen) atoms. The molecular weight excluding hydrogens is 280 g/mol. The van der Waals surface area contributed by atoms with Gasteiger partial charge < -0.3 is 10.4 Å². The number of benzene rings is 1. The number of hydrogen-bond acceptors (Lipinski definition) is 4. The Kier molecular flexibility index (Phi) is 4.92. The first-order valence-electron chi connectivity index (χ1n) is 7.29. The number of aliphatic hydroxyl groups is 1. The van der Waals surface area contributed by atoms with Crippen LogP contribution < -0.4 is 5.32 Å². The van der Waals surface area contributed by atoms with E-state index < -0.39 is 0 Å². The van der Waals surface area contributed by atoms with Crippen LogP contribution >= 0.6 is 0 Å². The van der Waals surface area contributed by atoms with Crippen molar-refractivity contribution in [3.63, 3.8) is 0 Å². The molecule has 0 aliphatic rings. The summed E-state index contributed by atoms with van der Waals surface area (Å²) in [4.78, 5) is 16.2. The number of hydrogen-bond donors (Lipinski definition) is 2. The number of carbonyl (C=O) groups is 1. The van der Waals surface area contributed by atoms with Crippen LogP contribution in [0.4, 0.5) is 0 Å². The summed E-state index contributed by atoms with van der Waals surface area (Å²) in [5, 5.41) is 16.5. The molecule has 0 aliphatic carbocycles. The Bertz CT molecular complexity index is 621. The lowest BCUT2D eigenvalue weighted by molar-refractivity contribution is 0.0902. The largest absolute Gasteiger partial charge is 0.393 e. The van der Waals surface area contributed by atoms with E-state index in [1.807, 2.05) is 26.0 Å². The minimum atomic E-state index is -0.387. The van der Waals surface area contributed by atoms with Crippen LogP contribution in [0, 0.1) is 5.41 Å². The monoisotopic (exact) mass is 302 g/mol. The Hall–Kier alpha value is -2.21. The van der Waals surface area contributed by atoms with Gasteiger partial charge in [0.05, 0.1) is 11.8 Å². The molecule has 0 bridgehead atoms. The van der Waals surface area contributed by atoms with Crippen molar-refractivity contribution in [1.29, 1.82) is 0 Å².